The van der Waals surface area contributed by atoms with E-state index in [1.54, 1.807) is 6.20 Å². The van der Waals surface area contributed by atoms with E-state index >= 15 is 0 Å². The van der Waals surface area contributed by atoms with Crippen LogP contribution < -0.4 is 10.1 Å². The number of hydrogen-bond acceptors (Lipinski definition) is 6. The lowest BCUT2D eigenvalue weighted by Crippen LogP contribution is -2.31. The molecule has 140 valence electrons. The lowest BCUT2D eigenvalue weighted by molar-refractivity contribution is 0.265. The van der Waals surface area contributed by atoms with E-state index < -0.39 is 0 Å². The summed E-state index contributed by atoms with van der Waals surface area (Å²) in [6.45, 7) is 1.98. The lowest BCUT2D eigenvalue weighted by atomic mass is 9.80. The molecule has 6 nitrogen and oxygen atoms in total. The Morgan fingerprint density at radius 3 is 2.85 bits per heavy atom. The second kappa shape index (κ2) is 7.29. The zero-order valence-electron chi connectivity index (χ0n) is 14.8. The highest BCUT2D eigenvalue weighted by atomic mass is 35.5. The van der Waals surface area contributed by atoms with Crippen molar-refractivity contribution in [1.29, 1.82) is 0 Å². The molecule has 0 amide bonds. The van der Waals surface area contributed by atoms with Crippen molar-refractivity contribution in [2.24, 2.45) is 5.92 Å². The number of benzene rings is 1. The minimum Gasteiger partial charge on any atom is -0.439 e. The fourth-order valence-corrected chi connectivity index (χ4v) is 4.23. The number of pyridine rings is 1. The Balaban J connectivity index is 0.00000180. The highest BCUT2D eigenvalue weighted by Crippen LogP contribution is 2.47. The van der Waals surface area contributed by atoms with Crippen LogP contribution in [0.25, 0.3) is 11.4 Å². The van der Waals surface area contributed by atoms with E-state index in [1.165, 1.54) is 12.8 Å². The number of rotatable bonds is 4. The van der Waals surface area contributed by atoms with Crippen molar-refractivity contribution < 1.29 is 9.26 Å². The average molecular weight is 385 g/mol. The van der Waals surface area contributed by atoms with Crippen LogP contribution in [0.4, 0.5) is 0 Å². The third kappa shape index (κ3) is 3.19. The fraction of sp³-hybridized carbons (Fsp3) is 0.350. The molecular weight excluding hydrogens is 364 g/mol. The van der Waals surface area contributed by atoms with E-state index in [0.29, 0.717) is 17.6 Å². The van der Waals surface area contributed by atoms with Gasteiger partial charge in [-0.25, -0.2) is 4.98 Å². The van der Waals surface area contributed by atoms with Crippen LogP contribution in [-0.4, -0.2) is 28.2 Å². The van der Waals surface area contributed by atoms with Crippen molar-refractivity contribution >= 4 is 12.4 Å². The van der Waals surface area contributed by atoms with Gasteiger partial charge in [-0.1, -0.05) is 29.8 Å². The first-order valence-corrected chi connectivity index (χ1v) is 9.08. The summed E-state index contributed by atoms with van der Waals surface area (Å²) in [5.41, 5.74) is 0.854. The van der Waals surface area contributed by atoms with Gasteiger partial charge in [-0.05, 0) is 43.5 Å². The number of fused-ring (bicyclic) bond motifs is 1. The molecule has 1 N–H and O–H groups in total. The zero-order valence-corrected chi connectivity index (χ0v) is 15.6. The van der Waals surface area contributed by atoms with Gasteiger partial charge in [-0.2, -0.15) is 4.98 Å². The van der Waals surface area contributed by atoms with Gasteiger partial charge in [0.2, 0.25) is 17.6 Å². The summed E-state index contributed by atoms with van der Waals surface area (Å²) in [5, 5.41) is 7.69. The molecule has 5 rings (SSSR count). The van der Waals surface area contributed by atoms with Gasteiger partial charge in [0.05, 0.1) is 5.41 Å². The smallest absolute Gasteiger partial charge is 0.234 e. The molecule has 7 heteroatoms. The highest BCUT2D eigenvalue weighted by Gasteiger charge is 2.51. The van der Waals surface area contributed by atoms with Crippen LogP contribution in [0.2, 0.25) is 0 Å². The largest absolute Gasteiger partial charge is 0.439 e. The normalized spacial score (nSPS) is 23.6. The Bertz CT molecular complexity index is 888. The number of hydrogen-bond donors (Lipinski definition) is 1. The van der Waals surface area contributed by atoms with Gasteiger partial charge in [-0.3, -0.25) is 0 Å². The predicted octanol–water partition coefficient (Wildman–Crippen LogP) is 3.99. The molecule has 3 heterocycles. The van der Waals surface area contributed by atoms with Crippen LogP contribution in [0.3, 0.4) is 0 Å². The molecule has 2 aliphatic rings. The maximum Gasteiger partial charge on any atom is 0.234 e. The molecular formula is C20H21ClN4O2. The summed E-state index contributed by atoms with van der Waals surface area (Å²) in [6.07, 6.45) is 5.31. The molecule has 1 aliphatic heterocycles. The van der Waals surface area contributed by atoms with Crippen LogP contribution in [0.5, 0.6) is 11.6 Å². The Morgan fingerprint density at radius 1 is 1.15 bits per heavy atom. The topological polar surface area (TPSA) is 73.1 Å². The Kier molecular flexibility index (Phi) is 4.85. The van der Waals surface area contributed by atoms with Crippen molar-refractivity contribution in [2.75, 3.05) is 13.1 Å². The number of nitrogens with zero attached hydrogens (tertiary/aromatic N) is 3. The maximum absolute atomic E-state index is 5.73. The van der Waals surface area contributed by atoms with Gasteiger partial charge in [0.25, 0.3) is 0 Å². The SMILES string of the molecule is Cl.c1ccc(Oc2ccc(-c3noc([C@@]45CCC[C@@H]4CNC5)n3)cn2)cc1. The molecule has 1 saturated heterocycles. The minimum atomic E-state index is 0. The Hall–Kier alpha value is -2.44. The molecule has 0 radical (unpaired) electrons. The minimum absolute atomic E-state index is 0. The number of nitrogens with one attached hydrogen (secondary N) is 1. The summed E-state index contributed by atoms with van der Waals surface area (Å²) < 4.78 is 11.4. The van der Waals surface area contributed by atoms with Crippen molar-refractivity contribution in [3.63, 3.8) is 0 Å². The molecule has 0 bridgehead atoms. The molecule has 2 fully saturated rings. The van der Waals surface area contributed by atoms with Crippen LogP contribution in [0.15, 0.2) is 53.2 Å². The van der Waals surface area contributed by atoms with Gasteiger partial charge in [-0.15, -0.1) is 12.4 Å². The molecule has 1 saturated carbocycles. The monoisotopic (exact) mass is 384 g/mol. The highest BCUT2D eigenvalue weighted by molar-refractivity contribution is 5.85. The second-order valence-electron chi connectivity index (χ2n) is 7.10. The standard InChI is InChI=1S/C20H20N4O2.ClH/c1-2-6-16(7-3-1)25-17-9-8-14(11-22-17)18-23-19(26-24-18)20-10-4-5-15(20)12-21-13-20;/h1-3,6-9,11,15,21H,4-5,10,12-13H2;1H/t15-,20-;/m1./s1. The van der Waals surface area contributed by atoms with Crippen molar-refractivity contribution in [1.82, 2.24) is 20.4 Å². The summed E-state index contributed by atoms with van der Waals surface area (Å²) in [4.78, 5) is 9.08. The predicted molar refractivity (Wildman–Crippen MR) is 103 cm³/mol. The van der Waals surface area contributed by atoms with Crippen molar-refractivity contribution in [3.8, 4) is 23.0 Å². The zero-order chi connectivity index (χ0) is 17.4. The molecule has 3 aromatic rings. The first-order chi connectivity index (χ1) is 12.8. The third-order valence-electron chi connectivity index (χ3n) is 5.60. The molecule has 0 unspecified atom stereocenters. The third-order valence-corrected chi connectivity index (χ3v) is 5.60. The van der Waals surface area contributed by atoms with Gasteiger partial charge < -0.3 is 14.6 Å². The van der Waals surface area contributed by atoms with E-state index in [-0.39, 0.29) is 17.8 Å². The van der Waals surface area contributed by atoms with Crippen LogP contribution in [-0.2, 0) is 5.41 Å². The van der Waals surface area contributed by atoms with E-state index in [1.807, 2.05) is 42.5 Å². The Labute approximate surface area is 163 Å². The van der Waals surface area contributed by atoms with Crippen molar-refractivity contribution in [2.45, 2.75) is 24.7 Å². The van der Waals surface area contributed by atoms with E-state index in [4.69, 9.17) is 14.2 Å². The van der Waals surface area contributed by atoms with Crippen LogP contribution in [0.1, 0.15) is 25.2 Å². The van der Waals surface area contributed by atoms with E-state index in [2.05, 4.69) is 15.5 Å². The van der Waals surface area contributed by atoms with Crippen LogP contribution in [0, 0.1) is 5.92 Å². The first kappa shape index (κ1) is 17.9. The van der Waals surface area contributed by atoms with Gasteiger partial charge >= 0.3 is 0 Å². The van der Waals surface area contributed by atoms with E-state index in [0.717, 1.165) is 36.7 Å². The summed E-state index contributed by atoms with van der Waals surface area (Å²) in [6, 6.07) is 13.3. The number of halogens is 1. The van der Waals surface area contributed by atoms with Crippen molar-refractivity contribution in [3.05, 3.63) is 54.6 Å². The fourth-order valence-electron chi connectivity index (χ4n) is 4.23. The lowest BCUT2D eigenvalue weighted by Gasteiger charge is -2.22. The molecule has 27 heavy (non-hydrogen) atoms. The Morgan fingerprint density at radius 2 is 2.04 bits per heavy atom. The van der Waals surface area contributed by atoms with Gasteiger partial charge in [0.15, 0.2) is 0 Å². The number of para-hydroxylation sites is 1. The van der Waals surface area contributed by atoms with Gasteiger partial charge in [0, 0.05) is 24.4 Å². The molecule has 2 atom stereocenters. The summed E-state index contributed by atoms with van der Waals surface area (Å²) in [5.74, 6) is 3.26. The summed E-state index contributed by atoms with van der Waals surface area (Å²) >= 11 is 0. The molecule has 0 spiro atoms. The second-order valence-corrected chi connectivity index (χ2v) is 7.10. The summed E-state index contributed by atoms with van der Waals surface area (Å²) in [7, 11) is 0. The quantitative estimate of drug-likeness (QED) is 0.733. The first-order valence-electron chi connectivity index (χ1n) is 9.08. The number of aromatic nitrogens is 3. The average Bonchev–Trinajstić information content (AvgIpc) is 3.38. The molecule has 1 aliphatic carbocycles. The van der Waals surface area contributed by atoms with E-state index in [9.17, 15) is 0 Å². The molecule has 2 aromatic heterocycles. The maximum atomic E-state index is 5.73. The number of ether oxygens (including phenoxy) is 1. The van der Waals surface area contributed by atoms with Crippen LogP contribution >= 0.6 is 12.4 Å². The molecule has 1 aromatic carbocycles. The van der Waals surface area contributed by atoms with Gasteiger partial charge in [0.1, 0.15) is 5.75 Å².